The first-order valence-electron chi connectivity index (χ1n) is 12.4. The maximum Gasteiger partial charge on any atom is 0.156 e. The zero-order valence-corrected chi connectivity index (χ0v) is 20.4. The van der Waals surface area contributed by atoms with Crippen molar-refractivity contribution in [2.75, 3.05) is 19.0 Å². The number of ketones is 1. The van der Waals surface area contributed by atoms with E-state index in [0.717, 1.165) is 38.5 Å². The van der Waals surface area contributed by atoms with Gasteiger partial charge in [-0.25, -0.2) is 0 Å². The molecule has 0 aromatic heterocycles. The Kier molecular flexibility index (Phi) is 5.54. The summed E-state index contributed by atoms with van der Waals surface area (Å²) in [7, 11) is 4.14. The maximum atomic E-state index is 12.2. The van der Waals surface area contributed by atoms with E-state index in [1.807, 2.05) is 13.0 Å². The summed E-state index contributed by atoms with van der Waals surface area (Å²) in [6, 6.07) is 9.00. The minimum atomic E-state index is -0.566. The summed E-state index contributed by atoms with van der Waals surface area (Å²) in [5.41, 5.74) is 8.90. The SMILES string of the molecule is CC#CC1(NO)CC[C@H]2[C@@H]3CCC4=CC(=O)CCC4=C3C(c3ccc(N(C)C)cc3)C[C@@]21C. The Bertz CT molecular complexity index is 1090. The second-order valence-electron chi connectivity index (χ2n) is 10.9. The first-order valence-corrected chi connectivity index (χ1v) is 12.4. The summed E-state index contributed by atoms with van der Waals surface area (Å²) < 4.78 is 0. The number of carbonyl (C=O) groups is 1. The van der Waals surface area contributed by atoms with Gasteiger partial charge >= 0.3 is 0 Å². The lowest BCUT2D eigenvalue weighted by atomic mass is 9.50. The van der Waals surface area contributed by atoms with Crippen molar-refractivity contribution in [1.82, 2.24) is 5.48 Å². The van der Waals surface area contributed by atoms with Crippen LogP contribution in [0, 0.1) is 29.1 Å². The van der Waals surface area contributed by atoms with Crippen molar-refractivity contribution < 1.29 is 10.0 Å². The standard InChI is InChI=1S/C29H36N2O2/c1-5-15-29(30-33)16-14-26-24-12-8-20-17-22(32)11-13-23(20)27(24)25(18-28(26,29)2)19-6-9-21(10-7-19)31(3)4/h6-7,9-10,17,24-26,30,33H,8,11-14,16,18H2,1-4H3/t24-,25?,26-,28-,29?/m0/s1. The molecule has 4 nitrogen and oxygen atoms in total. The van der Waals surface area contributed by atoms with Crippen molar-refractivity contribution in [3.63, 3.8) is 0 Å². The molecule has 2 N–H and O–H groups in total. The van der Waals surface area contributed by atoms with Gasteiger partial charge in [0.15, 0.2) is 5.78 Å². The van der Waals surface area contributed by atoms with E-state index in [-0.39, 0.29) is 17.1 Å². The van der Waals surface area contributed by atoms with Gasteiger partial charge in [0.05, 0.1) is 0 Å². The van der Waals surface area contributed by atoms with Crippen LogP contribution in [-0.4, -0.2) is 30.6 Å². The number of anilines is 1. The molecule has 174 valence electrons. The van der Waals surface area contributed by atoms with E-state index < -0.39 is 5.54 Å². The monoisotopic (exact) mass is 444 g/mol. The minimum absolute atomic E-state index is 0.129. The summed E-state index contributed by atoms with van der Waals surface area (Å²) in [6.07, 6.45) is 8.43. The van der Waals surface area contributed by atoms with Gasteiger partial charge in [-0.05, 0) is 92.2 Å². The smallest absolute Gasteiger partial charge is 0.156 e. The van der Waals surface area contributed by atoms with E-state index in [1.165, 1.54) is 22.4 Å². The quantitative estimate of drug-likeness (QED) is 0.485. The minimum Gasteiger partial charge on any atom is -0.378 e. The topological polar surface area (TPSA) is 52.6 Å². The third-order valence-electron chi connectivity index (χ3n) is 9.27. The molecule has 2 saturated carbocycles. The van der Waals surface area contributed by atoms with Crippen molar-refractivity contribution in [1.29, 1.82) is 0 Å². The largest absolute Gasteiger partial charge is 0.378 e. The molecule has 0 spiro atoms. The lowest BCUT2D eigenvalue weighted by Gasteiger charge is -2.54. The van der Waals surface area contributed by atoms with Gasteiger partial charge < -0.3 is 10.1 Å². The van der Waals surface area contributed by atoms with E-state index in [0.29, 0.717) is 18.3 Å². The summed E-state index contributed by atoms with van der Waals surface area (Å²) >= 11 is 0. The van der Waals surface area contributed by atoms with Crippen LogP contribution in [0.25, 0.3) is 0 Å². The van der Waals surface area contributed by atoms with Gasteiger partial charge in [0.25, 0.3) is 0 Å². The number of rotatable bonds is 3. The molecule has 2 fully saturated rings. The molecule has 5 atom stereocenters. The highest BCUT2D eigenvalue weighted by Gasteiger charge is 2.63. The number of nitrogens with one attached hydrogen (secondary N) is 1. The van der Waals surface area contributed by atoms with Crippen molar-refractivity contribution in [3.8, 4) is 11.8 Å². The molecule has 5 rings (SSSR count). The molecule has 0 heterocycles. The Labute approximate surface area is 198 Å². The maximum absolute atomic E-state index is 12.2. The van der Waals surface area contributed by atoms with Gasteiger partial charge in [-0.15, -0.1) is 5.92 Å². The normalized spacial score (nSPS) is 35.1. The number of carbonyl (C=O) groups excluding carboxylic acids is 1. The van der Waals surface area contributed by atoms with Crippen molar-refractivity contribution in [2.24, 2.45) is 17.3 Å². The molecule has 2 unspecified atom stereocenters. The summed E-state index contributed by atoms with van der Waals surface area (Å²) in [5.74, 6) is 8.06. The van der Waals surface area contributed by atoms with Crippen LogP contribution < -0.4 is 10.4 Å². The molecule has 1 aromatic rings. The predicted octanol–water partition coefficient (Wildman–Crippen LogP) is 5.39. The molecular weight excluding hydrogens is 408 g/mol. The lowest BCUT2D eigenvalue weighted by Crippen LogP contribution is -2.57. The van der Waals surface area contributed by atoms with Crippen molar-refractivity contribution in [3.05, 3.63) is 52.6 Å². The highest BCUT2D eigenvalue weighted by molar-refractivity contribution is 5.93. The first-order chi connectivity index (χ1) is 15.8. The Hall–Kier alpha value is -2.35. The average molecular weight is 445 g/mol. The molecule has 0 bridgehead atoms. The van der Waals surface area contributed by atoms with Crippen LogP contribution in [0.2, 0.25) is 0 Å². The van der Waals surface area contributed by atoms with Gasteiger partial charge in [-0.2, -0.15) is 5.48 Å². The van der Waals surface area contributed by atoms with Crippen LogP contribution in [0.5, 0.6) is 0 Å². The molecule has 0 saturated heterocycles. The summed E-state index contributed by atoms with van der Waals surface area (Å²) in [5, 5.41) is 10.4. The Morgan fingerprint density at radius 2 is 1.88 bits per heavy atom. The molecule has 4 aliphatic rings. The van der Waals surface area contributed by atoms with Gasteiger partial charge in [0.2, 0.25) is 0 Å². The van der Waals surface area contributed by atoms with E-state index >= 15 is 0 Å². The number of nitrogens with zero attached hydrogens (tertiary/aromatic N) is 1. The summed E-state index contributed by atoms with van der Waals surface area (Å²) in [4.78, 5) is 14.3. The molecule has 0 radical (unpaired) electrons. The first kappa shape index (κ1) is 22.4. The Morgan fingerprint density at radius 3 is 2.55 bits per heavy atom. The van der Waals surface area contributed by atoms with Crippen molar-refractivity contribution in [2.45, 2.75) is 70.3 Å². The lowest BCUT2D eigenvalue weighted by molar-refractivity contribution is -0.114. The van der Waals surface area contributed by atoms with Crippen LogP contribution in [0.4, 0.5) is 5.69 Å². The van der Waals surface area contributed by atoms with Gasteiger partial charge in [0, 0.05) is 37.5 Å². The highest BCUT2D eigenvalue weighted by Crippen LogP contribution is 2.66. The number of hydroxylamine groups is 1. The Balaban J connectivity index is 1.68. The third-order valence-corrected chi connectivity index (χ3v) is 9.27. The summed E-state index contributed by atoms with van der Waals surface area (Å²) in [6.45, 7) is 4.23. The third kappa shape index (κ3) is 3.32. The van der Waals surface area contributed by atoms with Crippen LogP contribution in [0.3, 0.4) is 0 Å². The molecule has 1 aromatic carbocycles. The predicted molar refractivity (Wildman–Crippen MR) is 132 cm³/mol. The van der Waals surface area contributed by atoms with Crippen molar-refractivity contribution >= 4 is 11.5 Å². The van der Waals surface area contributed by atoms with E-state index in [4.69, 9.17) is 0 Å². The molecule has 33 heavy (non-hydrogen) atoms. The zero-order valence-electron chi connectivity index (χ0n) is 20.4. The van der Waals surface area contributed by atoms with Crippen LogP contribution >= 0.6 is 0 Å². The number of hydrogen-bond donors (Lipinski definition) is 2. The average Bonchev–Trinajstić information content (AvgIpc) is 3.10. The molecule has 0 aliphatic heterocycles. The van der Waals surface area contributed by atoms with Gasteiger partial charge in [-0.1, -0.05) is 30.6 Å². The Morgan fingerprint density at radius 1 is 1.12 bits per heavy atom. The van der Waals surface area contributed by atoms with Crippen LogP contribution in [0.15, 0.2) is 47.1 Å². The van der Waals surface area contributed by atoms with Crippen LogP contribution in [0.1, 0.15) is 70.3 Å². The highest BCUT2D eigenvalue weighted by atomic mass is 16.5. The second kappa shape index (κ2) is 8.15. The fourth-order valence-electron chi connectivity index (χ4n) is 7.62. The fraction of sp³-hybridized carbons (Fsp3) is 0.552. The molecule has 4 aliphatic carbocycles. The van der Waals surface area contributed by atoms with E-state index in [1.54, 1.807) is 5.57 Å². The van der Waals surface area contributed by atoms with Crippen LogP contribution in [-0.2, 0) is 4.79 Å². The number of hydrogen-bond acceptors (Lipinski definition) is 4. The van der Waals surface area contributed by atoms with E-state index in [2.05, 4.69) is 67.5 Å². The number of fused-ring (bicyclic) bond motifs is 4. The number of benzene rings is 1. The van der Waals surface area contributed by atoms with Gasteiger partial charge in [0.1, 0.15) is 5.54 Å². The van der Waals surface area contributed by atoms with E-state index in [9.17, 15) is 10.0 Å². The zero-order chi connectivity index (χ0) is 23.4. The van der Waals surface area contributed by atoms with Gasteiger partial charge in [-0.3, -0.25) is 4.79 Å². The second-order valence-corrected chi connectivity index (χ2v) is 10.9. The number of allylic oxidation sites excluding steroid dienone is 4. The molecule has 4 heteroatoms. The molecule has 0 amide bonds. The molecular formula is C29H36N2O2. The fourth-order valence-corrected chi connectivity index (χ4v) is 7.62.